The maximum atomic E-state index is 3.39. The third kappa shape index (κ3) is 6.05. The standard InChI is InChI=1S/C8H20N2/c1-7(2)10-6-8(3)5-9-4/h7-10H,5-6H2,1-4H3. The maximum absolute atomic E-state index is 3.39. The summed E-state index contributed by atoms with van der Waals surface area (Å²) in [6.07, 6.45) is 0. The lowest BCUT2D eigenvalue weighted by Crippen LogP contribution is -2.31. The van der Waals surface area contributed by atoms with Crippen molar-refractivity contribution in [3.63, 3.8) is 0 Å². The molecule has 0 aliphatic heterocycles. The van der Waals surface area contributed by atoms with Crippen molar-refractivity contribution in [3.05, 3.63) is 0 Å². The predicted octanol–water partition coefficient (Wildman–Crippen LogP) is 0.840. The molecule has 0 aliphatic carbocycles. The SMILES string of the molecule is CNCC(C)CNC(C)C. The molecule has 0 fully saturated rings. The second-order valence-electron chi connectivity index (χ2n) is 3.23. The van der Waals surface area contributed by atoms with Crippen molar-refractivity contribution in [1.82, 2.24) is 10.6 Å². The van der Waals surface area contributed by atoms with Crippen LogP contribution in [0.15, 0.2) is 0 Å². The average molecular weight is 144 g/mol. The first-order valence-electron chi connectivity index (χ1n) is 4.04. The van der Waals surface area contributed by atoms with Crippen molar-refractivity contribution in [3.8, 4) is 0 Å². The molecule has 0 rings (SSSR count). The van der Waals surface area contributed by atoms with Crippen LogP contribution >= 0.6 is 0 Å². The lowest BCUT2D eigenvalue weighted by molar-refractivity contribution is 0.463. The highest BCUT2D eigenvalue weighted by molar-refractivity contribution is 4.60. The molecule has 10 heavy (non-hydrogen) atoms. The molecule has 0 aromatic heterocycles. The van der Waals surface area contributed by atoms with Crippen molar-refractivity contribution in [2.75, 3.05) is 20.1 Å². The van der Waals surface area contributed by atoms with Crippen LogP contribution < -0.4 is 10.6 Å². The van der Waals surface area contributed by atoms with Gasteiger partial charge >= 0.3 is 0 Å². The van der Waals surface area contributed by atoms with Gasteiger partial charge in [0.1, 0.15) is 0 Å². The van der Waals surface area contributed by atoms with Gasteiger partial charge < -0.3 is 10.6 Å². The molecule has 0 saturated heterocycles. The van der Waals surface area contributed by atoms with E-state index in [1.54, 1.807) is 0 Å². The Labute approximate surface area is 64.4 Å². The lowest BCUT2D eigenvalue weighted by Gasteiger charge is -2.13. The molecule has 0 aromatic carbocycles. The van der Waals surface area contributed by atoms with E-state index in [4.69, 9.17) is 0 Å². The van der Waals surface area contributed by atoms with Crippen molar-refractivity contribution in [2.45, 2.75) is 26.8 Å². The second-order valence-corrected chi connectivity index (χ2v) is 3.23. The molecule has 0 amide bonds. The third-order valence-corrected chi connectivity index (χ3v) is 1.43. The fourth-order valence-electron chi connectivity index (χ4n) is 0.858. The lowest BCUT2D eigenvalue weighted by atomic mass is 10.2. The molecular formula is C8H20N2. The number of hydrogen-bond donors (Lipinski definition) is 2. The van der Waals surface area contributed by atoms with Crippen LogP contribution in [0.4, 0.5) is 0 Å². The van der Waals surface area contributed by atoms with E-state index in [-0.39, 0.29) is 0 Å². The maximum Gasteiger partial charge on any atom is 0.00105 e. The highest BCUT2D eigenvalue weighted by Crippen LogP contribution is 1.89. The minimum absolute atomic E-state index is 0.610. The molecule has 62 valence electrons. The number of rotatable bonds is 5. The average Bonchev–Trinajstić information content (AvgIpc) is 1.85. The summed E-state index contributed by atoms with van der Waals surface area (Å²) in [4.78, 5) is 0. The van der Waals surface area contributed by atoms with E-state index in [1.807, 2.05) is 7.05 Å². The highest BCUT2D eigenvalue weighted by Gasteiger charge is 1.99. The summed E-state index contributed by atoms with van der Waals surface area (Å²) in [7, 11) is 1.99. The van der Waals surface area contributed by atoms with Crippen molar-refractivity contribution < 1.29 is 0 Å². The summed E-state index contributed by atoms with van der Waals surface area (Å²) in [6, 6.07) is 0.610. The van der Waals surface area contributed by atoms with E-state index in [9.17, 15) is 0 Å². The molecule has 2 heteroatoms. The van der Waals surface area contributed by atoms with Gasteiger partial charge in [-0.3, -0.25) is 0 Å². The van der Waals surface area contributed by atoms with Crippen LogP contribution in [0.5, 0.6) is 0 Å². The van der Waals surface area contributed by atoms with Crippen LogP contribution in [-0.4, -0.2) is 26.2 Å². The zero-order valence-corrected chi connectivity index (χ0v) is 7.57. The quantitative estimate of drug-likeness (QED) is 0.597. The van der Waals surface area contributed by atoms with Crippen molar-refractivity contribution in [1.29, 1.82) is 0 Å². The Morgan fingerprint density at radius 1 is 1.10 bits per heavy atom. The Bertz CT molecular complexity index is 71.7. The molecule has 0 spiro atoms. The van der Waals surface area contributed by atoms with Crippen LogP contribution in [0.2, 0.25) is 0 Å². The van der Waals surface area contributed by atoms with Crippen molar-refractivity contribution in [2.24, 2.45) is 5.92 Å². The minimum Gasteiger partial charge on any atom is -0.319 e. The van der Waals surface area contributed by atoms with E-state index in [1.165, 1.54) is 0 Å². The van der Waals surface area contributed by atoms with Gasteiger partial charge in [-0.2, -0.15) is 0 Å². The van der Waals surface area contributed by atoms with E-state index >= 15 is 0 Å². The van der Waals surface area contributed by atoms with Crippen molar-refractivity contribution >= 4 is 0 Å². The molecule has 2 N–H and O–H groups in total. The van der Waals surface area contributed by atoms with E-state index in [0.29, 0.717) is 6.04 Å². The zero-order chi connectivity index (χ0) is 7.98. The molecule has 0 bridgehead atoms. The molecule has 1 unspecified atom stereocenters. The molecular weight excluding hydrogens is 124 g/mol. The van der Waals surface area contributed by atoms with Gasteiger partial charge in [0.2, 0.25) is 0 Å². The van der Waals surface area contributed by atoms with Gasteiger partial charge in [-0.15, -0.1) is 0 Å². The first-order valence-corrected chi connectivity index (χ1v) is 4.04. The summed E-state index contributed by atoms with van der Waals surface area (Å²) in [5, 5.41) is 6.54. The Morgan fingerprint density at radius 3 is 2.10 bits per heavy atom. The fourth-order valence-corrected chi connectivity index (χ4v) is 0.858. The van der Waals surface area contributed by atoms with Crippen LogP contribution in [-0.2, 0) is 0 Å². The Kier molecular flexibility index (Phi) is 5.64. The summed E-state index contributed by atoms with van der Waals surface area (Å²) in [6.45, 7) is 8.79. The van der Waals surface area contributed by atoms with Gasteiger partial charge in [-0.1, -0.05) is 20.8 Å². The normalized spacial score (nSPS) is 14.1. The van der Waals surface area contributed by atoms with Gasteiger partial charge in [0.25, 0.3) is 0 Å². The van der Waals surface area contributed by atoms with E-state index in [2.05, 4.69) is 31.4 Å². The molecule has 1 atom stereocenters. The Morgan fingerprint density at radius 2 is 1.70 bits per heavy atom. The van der Waals surface area contributed by atoms with Crippen LogP contribution in [0.3, 0.4) is 0 Å². The monoisotopic (exact) mass is 144 g/mol. The first kappa shape index (κ1) is 9.92. The summed E-state index contributed by atoms with van der Waals surface area (Å²) < 4.78 is 0. The molecule has 0 heterocycles. The topological polar surface area (TPSA) is 24.1 Å². The minimum atomic E-state index is 0.610. The van der Waals surface area contributed by atoms with Gasteiger partial charge in [0.15, 0.2) is 0 Å². The zero-order valence-electron chi connectivity index (χ0n) is 7.57. The summed E-state index contributed by atoms with van der Waals surface area (Å²) in [5.74, 6) is 0.729. The van der Waals surface area contributed by atoms with Crippen LogP contribution in [0.1, 0.15) is 20.8 Å². The molecule has 0 aromatic rings. The van der Waals surface area contributed by atoms with Gasteiger partial charge in [0, 0.05) is 6.04 Å². The van der Waals surface area contributed by atoms with Gasteiger partial charge in [-0.05, 0) is 26.1 Å². The second kappa shape index (κ2) is 5.69. The van der Waals surface area contributed by atoms with E-state index < -0.39 is 0 Å². The third-order valence-electron chi connectivity index (χ3n) is 1.43. The summed E-state index contributed by atoms with van der Waals surface area (Å²) >= 11 is 0. The largest absolute Gasteiger partial charge is 0.319 e. The predicted molar refractivity (Wildman–Crippen MR) is 46.2 cm³/mol. The Balaban J connectivity index is 3.12. The Hall–Kier alpha value is -0.0800. The number of nitrogens with one attached hydrogen (secondary N) is 2. The molecule has 2 nitrogen and oxygen atoms in total. The fraction of sp³-hybridized carbons (Fsp3) is 1.00. The molecule has 0 aliphatic rings. The van der Waals surface area contributed by atoms with E-state index in [0.717, 1.165) is 19.0 Å². The highest BCUT2D eigenvalue weighted by atomic mass is 14.9. The first-order chi connectivity index (χ1) is 4.66. The summed E-state index contributed by atoms with van der Waals surface area (Å²) in [5.41, 5.74) is 0. The van der Waals surface area contributed by atoms with Crippen LogP contribution in [0, 0.1) is 5.92 Å². The molecule has 0 saturated carbocycles. The van der Waals surface area contributed by atoms with Gasteiger partial charge in [0.05, 0.1) is 0 Å². The van der Waals surface area contributed by atoms with Crippen LogP contribution in [0.25, 0.3) is 0 Å². The number of hydrogen-bond acceptors (Lipinski definition) is 2. The smallest absolute Gasteiger partial charge is 0.00105 e. The van der Waals surface area contributed by atoms with Gasteiger partial charge in [-0.25, -0.2) is 0 Å². The molecule has 0 radical (unpaired) electrons.